The molecule has 2 aliphatic rings. The van der Waals surface area contributed by atoms with E-state index in [9.17, 15) is 4.39 Å². The Hall–Kier alpha value is -1.31. The molecule has 0 spiro atoms. The van der Waals surface area contributed by atoms with Crippen LogP contribution >= 0.6 is 0 Å². The van der Waals surface area contributed by atoms with Crippen LogP contribution in [-0.2, 0) is 0 Å². The van der Waals surface area contributed by atoms with Crippen LogP contribution < -0.4 is 5.32 Å². The van der Waals surface area contributed by atoms with Gasteiger partial charge in [-0.15, -0.1) is 0 Å². The number of benzene rings is 1. The molecule has 0 aliphatic heterocycles. The Morgan fingerprint density at radius 1 is 1.38 bits per heavy atom. The number of nitrogens with one attached hydrogen (secondary N) is 1. The first-order valence-electron chi connectivity index (χ1n) is 5.93. The molecule has 0 radical (unpaired) electrons. The minimum atomic E-state index is -0.127. The van der Waals surface area contributed by atoms with Gasteiger partial charge in [0.25, 0.3) is 0 Å². The number of rotatable bonds is 2. The van der Waals surface area contributed by atoms with Crippen molar-refractivity contribution in [2.75, 3.05) is 5.32 Å². The highest BCUT2D eigenvalue weighted by molar-refractivity contribution is 5.48. The van der Waals surface area contributed by atoms with E-state index in [1.807, 2.05) is 12.1 Å². The van der Waals surface area contributed by atoms with Crippen molar-refractivity contribution < 1.29 is 4.39 Å². The van der Waals surface area contributed by atoms with E-state index in [2.05, 4.69) is 17.5 Å². The first-order valence-corrected chi connectivity index (χ1v) is 5.93. The smallest absolute Gasteiger partial charge is 0.126 e. The van der Waals surface area contributed by atoms with Gasteiger partial charge < -0.3 is 5.32 Å². The first-order chi connectivity index (χ1) is 7.74. The Bertz CT molecular complexity index is 438. The van der Waals surface area contributed by atoms with E-state index >= 15 is 0 Å². The monoisotopic (exact) mass is 217 g/mol. The Balaban J connectivity index is 1.70. The molecule has 3 rings (SSSR count). The van der Waals surface area contributed by atoms with Crippen LogP contribution in [0.4, 0.5) is 10.1 Å². The van der Waals surface area contributed by atoms with Gasteiger partial charge in [0, 0.05) is 17.6 Å². The van der Waals surface area contributed by atoms with E-state index in [1.54, 1.807) is 6.92 Å². The van der Waals surface area contributed by atoms with Crippen LogP contribution in [0, 0.1) is 24.6 Å². The summed E-state index contributed by atoms with van der Waals surface area (Å²) in [7, 11) is 0. The van der Waals surface area contributed by atoms with Crippen molar-refractivity contribution in [3.63, 3.8) is 0 Å². The minimum absolute atomic E-state index is 0.127. The highest BCUT2D eigenvalue weighted by Gasteiger charge is 2.40. The maximum absolute atomic E-state index is 13.1. The summed E-state index contributed by atoms with van der Waals surface area (Å²) in [5.74, 6) is 1.43. The van der Waals surface area contributed by atoms with Crippen molar-refractivity contribution >= 4 is 5.69 Å². The highest BCUT2D eigenvalue weighted by Crippen LogP contribution is 2.44. The third-order valence-corrected chi connectivity index (χ3v) is 3.87. The molecule has 0 heterocycles. The largest absolute Gasteiger partial charge is 0.382 e. The van der Waals surface area contributed by atoms with Crippen molar-refractivity contribution in [3.8, 4) is 0 Å². The molecule has 0 bridgehead atoms. The Morgan fingerprint density at radius 2 is 2.25 bits per heavy atom. The fraction of sp³-hybridized carbons (Fsp3) is 0.429. The molecule has 0 amide bonds. The lowest BCUT2D eigenvalue weighted by Crippen LogP contribution is -2.43. The summed E-state index contributed by atoms with van der Waals surface area (Å²) in [5.41, 5.74) is 1.76. The van der Waals surface area contributed by atoms with Gasteiger partial charge in [-0.3, -0.25) is 0 Å². The predicted octanol–water partition coefficient (Wildman–Crippen LogP) is 3.51. The summed E-state index contributed by atoms with van der Waals surface area (Å²) >= 11 is 0. The highest BCUT2D eigenvalue weighted by atomic mass is 19.1. The van der Waals surface area contributed by atoms with Crippen LogP contribution in [0.1, 0.15) is 18.4 Å². The van der Waals surface area contributed by atoms with E-state index in [0.29, 0.717) is 17.5 Å². The number of fused-ring (bicyclic) bond motifs is 1. The van der Waals surface area contributed by atoms with Gasteiger partial charge >= 0.3 is 0 Å². The summed E-state index contributed by atoms with van der Waals surface area (Å²) in [6.45, 7) is 1.81. The average molecular weight is 217 g/mol. The Morgan fingerprint density at radius 3 is 3.00 bits per heavy atom. The van der Waals surface area contributed by atoms with Crippen molar-refractivity contribution in [1.29, 1.82) is 0 Å². The van der Waals surface area contributed by atoms with E-state index in [4.69, 9.17) is 0 Å². The first kappa shape index (κ1) is 9.88. The van der Waals surface area contributed by atoms with Crippen LogP contribution in [0.15, 0.2) is 30.4 Å². The number of aryl methyl sites for hydroxylation is 1. The molecule has 0 saturated heterocycles. The van der Waals surface area contributed by atoms with Gasteiger partial charge in [0.2, 0.25) is 0 Å². The summed E-state index contributed by atoms with van der Waals surface area (Å²) in [6, 6.07) is 5.81. The zero-order chi connectivity index (χ0) is 11.1. The van der Waals surface area contributed by atoms with Gasteiger partial charge in [-0.2, -0.15) is 0 Å². The van der Waals surface area contributed by atoms with Crippen molar-refractivity contribution in [2.45, 2.75) is 25.8 Å². The lowest BCUT2D eigenvalue weighted by molar-refractivity contribution is 0.218. The van der Waals surface area contributed by atoms with Gasteiger partial charge in [0.15, 0.2) is 0 Å². The number of halogens is 1. The molecule has 1 N–H and O–H groups in total. The molecule has 0 aromatic heterocycles. The van der Waals surface area contributed by atoms with Crippen LogP contribution in [0.25, 0.3) is 0 Å². The van der Waals surface area contributed by atoms with Crippen LogP contribution in [0.2, 0.25) is 0 Å². The lowest BCUT2D eigenvalue weighted by Gasteiger charge is -2.41. The zero-order valence-electron chi connectivity index (χ0n) is 9.41. The zero-order valence-corrected chi connectivity index (χ0v) is 9.41. The molecule has 1 aromatic rings. The third kappa shape index (κ3) is 1.53. The van der Waals surface area contributed by atoms with Crippen LogP contribution in [0.5, 0.6) is 0 Å². The fourth-order valence-corrected chi connectivity index (χ4v) is 2.83. The second kappa shape index (κ2) is 3.62. The standard InChI is InChI=1S/C14H16FN/c1-9-7-11(5-6-13(9)15)16-14-8-10-3-2-4-12(10)14/h2,4-7,10,12,14,16H,3,8H2,1H3. The maximum atomic E-state index is 13.1. The van der Waals surface area contributed by atoms with Gasteiger partial charge in [-0.1, -0.05) is 12.2 Å². The van der Waals surface area contributed by atoms with Crippen LogP contribution in [0.3, 0.4) is 0 Å². The molecule has 1 fully saturated rings. The Labute approximate surface area is 95.4 Å². The molecule has 84 valence electrons. The van der Waals surface area contributed by atoms with Crippen molar-refractivity contribution in [2.24, 2.45) is 11.8 Å². The number of allylic oxidation sites excluding steroid dienone is 1. The quantitative estimate of drug-likeness (QED) is 0.747. The molecule has 3 atom stereocenters. The molecule has 1 aromatic carbocycles. The molecule has 2 heteroatoms. The van der Waals surface area contributed by atoms with Gasteiger partial charge in [0.1, 0.15) is 5.82 Å². The second-order valence-electron chi connectivity index (χ2n) is 4.95. The normalized spacial score (nSPS) is 31.0. The topological polar surface area (TPSA) is 12.0 Å². The molecule has 1 nitrogen and oxygen atoms in total. The van der Waals surface area contributed by atoms with Gasteiger partial charge in [-0.05, 0) is 49.4 Å². The number of hydrogen-bond donors (Lipinski definition) is 1. The molecular formula is C14H16FN. The molecule has 16 heavy (non-hydrogen) atoms. The predicted molar refractivity (Wildman–Crippen MR) is 63.9 cm³/mol. The van der Waals surface area contributed by atoms with Gasteiger partial charge in [-0.25, -0.2) is 4.39 Å². The molecular weight excluding hydrogens is 201 g/mol. The van der Waals surface area contributed by atoms with E-state index < -0.39 is 0 Å². The van der Waals surface area contributed by atoms with E-state index in [1.165, 1.54) is 18.9 Å². The summed E-state index contributed by atoms with van der Waals surface area (Å²) < 4.78 is 13.1. The number of hydrogen-bond acceptors (Lipinski definition) is 1. The molecule has 1 saturated carbocycles. The average Bonchev–Trinajstić information content (AvgIpc) is 2.61. The van der Waals surface area contributed by atoms with Crippen LogP contribution in [-0.4, -0.2) is 6.04 Å². The van der Waals surface area contributed by atoms with Crippen molar-refractivity contribution in [1.82, 2.24) is 0 Å². The maximum Gasteiger partial charge on any atom is 0.126 e. The van der Waals surface area contributed by atoms with E-state index in [0.717, 1.165) is 11.6 Å². The summed E-state index contributed by atoms with van der Waals surface area (Å²) in [6.07, 6.45) is 7.09. The second-order valence-corrected chi connectivity index (χ2v) is 4.95. The summed E-state index contributed by atoms with van der Waals surface area (Å²) in [5, 5.41) is 3.50. The van der Waals surface area contributed by atoms with Gasteiger partial charge in [0.05, 0.1) is 0 Å². The minimum Gasteiger partial charge on any atom is -0.382 e. The third-order valence-electron chi connectivity index (χ3n) is 3.87. The SMILES string of the molecule is Cc1cc(NC2CC3CC=CC32)ccc1F. The molecule has 3 unspecified atom stereocenters. The van der Waals surface area contributed by atoms with Crippen molar-refractivity contribution in [3.05, 3.63) is 41.7 Å². The lowest BCUT2D eigenvalue weighted by atomic mass is 9.71. The Kier molecular flexibility index (Phi) is 2.23. The fourth-order valence-electron chi connectivity index (χ4n) is 2.83. The molecule has 2 aliphatic carbocycles. The number of anilines is 1. The van der Waals surface area contributed by atoms with E-state index in [-0.39, 0.29) is 5.82 Å². The summed E-state index contributed by atoms with van der Waals surface area (Å²) in [4.78, 5) is 0.